The van der Waals surface area contributed by atoms with E-state index in [1.54, 1.807) is 22.0 Å². The van der Waals surface area contributed by atoms with Gasteiger partial charge in [0.2, 0.25) is 11.8 Å². The number of nitrogens with one attached hydrogen (secondary N) is 2. The van der Waals surface area contributed by atoms with Crippen LogP contribution in [0.3, 0.4) is 0 Å². The number of amides is 2. The number of nitrogens with zero attached hydrogens (tertiary/aromatic N) is 5. The van der Waals surface area contributed by atoms with Crippen LogP contribution in [0.1, 0.15) is 12.0 Å². The van der Waals surface area contributed by atoms with Crippen molar-refractivity contribution in [3.63, 3.8) is 0 Å². The summed E-state index contributed by atoms with van der Waals surface area (Å²) in [6, 6.07) is 16.9. The number of anilines is 4. The van der Waals surface area contributed by atoms with E-state index in [2.05, 4.69) is 25.6 Å². The summed E-state index contributed by atoms with van der Waals surface area (Å²) in [7, 11) is 0. The third-order valence-electron chi connectivity index (χ3n) is 5.69. The minimum Gasteiger partial charge on any atom is -0.340 e. The van der Waals surface area contributed by atoms with Crippen molar-refractivity contribution in [2.75, 3.05) is 22.1 Å². The monoisotopic (exact) mass is 453 g/mol. The fraction of sp³-hybridized carbons (Fsp3) is 0.160. The Hall–Kier alpha value is -4.53. The maximum atomic E-state index is 12.8. The van der Waals surface area contributed by atoms with Crippen molar-refractivity contribution >= 4 is 34.7 Å². The molecular formula is C25H23N7O2. The molecule has 9 heteroatoms. The fourth-order valence-corrected chi connectivity index (χ4v) is 3.84. The molecule has 0 bridgehead atoms. The second-order valence-corrected chi connectivity index (χ2v) is 8.16. The van der Waals surface area contributed by atoms with Gasteiger partial charge in [0.25, 0.3) is 0 Å². The quantitative estimate of drug-likeness (QED) is 0.461. The summed E-state index contributed by atoms with van der Waals surface area (Å²) >= 11 is 0. The van der Waals surface area contributed by atoms with Crippen LogP contribution in [0, 0.1) is 12.8 Å². The summed E-state index contributed by atoms with van der Waals surface area (Å²) in [4.78, 5) is 39.4. The first kappa shape index (κ1) is 21.3. The zero-order chi connectivity index (χ0) is 23.5. The van der Waals surface area contributed by atoms with E-state index in [1.807, 2.05) is 67.7 Å². The lowest BCUT2D eigenvalue weighted by molar-refractivity contribution is -0.122. The molecular weight excluding hydrogens is 430 g/mol. The minimum absolute atomic E-state index is 0.0385. The largest absolute Gasteiger partial charge is 0.340 e. The van der Waals surface area contributed by atoms with Crippen molar-refractivity contribution < 1.29 is 9.59 Å². The molecule has 1 saturated heterocycles. The van der Waals surface area contributed by atoms with E-state index in [0.29, 0.717) is 23.9 Å². The van der Waals surface area contributed by atoms with Gasteiger partial charge in [-0.05, 0) is 43.3 Å². The summed E-state index contributed by atoms with van der Waals surface area (Å²) in [6.07, 6.45) is 6.84. The van der Waals surface area contributed by atoms with Crippen molar-refractivity contribution in [2.24, 2.45) is 5.92 Å². The Labute approximate surface area is 196 Å². The molecule has 1 atom stereocenters. The topological polar surface area (TPSA) is 105 Å². The van der Waals surface area contributed by atoms with Crippen molar-refractivity contribution in [3.8, 4) is 5.82 Å². The molecule has 0 spiro atoms. The highest BCUT2D eigenvalue weighted by molar-refractivity contribution is 6.03. The number of rotatable bonds is 6. The van der Waals surface area contributed by atoms with Gasteiger partial charge in [-0.2, -0.15) is 0 Å². The van der Waals surface area contributed by atoms with Gasteiger partial charge in [-0.15, -0.1) is 0 Å². The zero-order valence-corrected chi connectivity index (χ0v) is 18.5. The number of carbonyl (C=O) groups excluding carboxylic acids is 2. The van der Waals surface area contributed by atoms with Crippen LogP contribution in [-0.2, 0) is 9.59 Å². The van der Waals surface area contributed by atoms with E-state index in [4.69, 9.17) is 0 Å². The highest BCUT2D eigenvalue weighted by Crippen LogP contribution is 2.27. The highest BCUT2D eigenvalue weighted by atomic mass is 16.2. The summed E-state index contributed by atoms with van der Waals surface area (Å²) < 4.78 is 1.79. The van der Waals surface area contributed by atoms with E-state index >= 15 is 0 Å². The summed E-state index contributed by atoms with van der Waals surface area (Å²) in [5.41, 5.74) is 3.43. The molecule has 2 aromatic heterocycles. The van der Waals surface area contributed by atoms with E-state index in [1.165, 1.54) is 6.33 Å². The van der Waals surface area contributed by atoms with E-state index in [-0.39, 0.29) is 18.2 Å². The third-order valence-corrected chi connectivity index (χ3v) is 5.69. The third kappa shape index (κ3) is 4.63. The molecule has 170 valence electrons. The number of benzene rings is 2. The van der Waals surface area contributed by atoms with Crippen LogP contribution in [0.25, 0.3) is 5.82 Å². The van der Waals surface area contributed by atoms with Crippen molar-refractivity contribution in [2.45, 2.75) is 13.3 Å². The van der Waals surface area contributed by atoms with Gasteiger partial charge in [0.05, 0.1) is 5.92 Å². The van der Waals surface area contributed by atoms with Gasteiger partial charge in [0, 0.05) is 48.5 Å². The number of aryl methyl sites for hydroxylation is 1. The number of carbonyl (C=O) groups is 2. The SMILES string of the molecule is Cc1ccc(N2C[C@@H](C(=O)Nc3ccc(Nc4cc(-n5ccnc5)ncn4)cc3)CC2=O)cc1. The normalized spacial score (nSPS) is 15.4. The Morgan fingerprint density at radius 2 is 1.79 bits per heavy atom. The van der Waals surface area contributed by atoms with Gasteiger partial charge in [0.15, 0.2) is 0 Å². The van der Waals surface area contributed by atoms with Crippen LogP contribution in [0.15, 0.2) is 79.6 Å². The van der Waals surface area contributed by atoms with Crippen LogP contribution in [0.2, 0.25) is 0 Å². The van der Waals surface area contributed by atoms with Crippen LogP contribution in [0.4, 0.5) is 22.9 Å². The Morgan fingerprint density at radius 3 is 2.53 bits per heavy atom. The van der Waals surface area contributed by atoms with Crippen LogP contribution in [0.5, 0.6) is 0 Å². The second kappa shape index (κ2) is 9.14. The molecule has 2 N–H and O–H groups in total. The van der Waals surface area contributed by atoms with Gasteiger partial charge in [-0.3, -0.25) is 14.2 Å². The smallest absolute Gasteiger partial charge is 0.229 e. The molecule has 5 rings (SSSR count). The van der Waals surface area contributed by atoms with Crippen LogP contribution in [-0.4, -0.2) is 37.9 Å². The molecule has 0 aliphatic carbocycles. The number of hydrogen-bond acceptors (Lipinski definition) is 6. The predicted octanol–water partition coefficient (Wildman–Crippen LogP) is 3.71. The fourth-order valence-electron chi connectivity index (χ4n) is 3.84. The summed E-state index contributed by atoms with van der Waals surface area (Å²) in [5, 5.41) is 6.15. The Balaban J connectivity index is 1.20. The maximum Gasteiger partial charge on any atom is 0.229 e. The van der Waals surface area contributed by atoms with Crippen molar-refractivity contribution in [1.29, 1.82) is 0 Å². The molecule has 4 aromatic rings. The molecule has 0 saturated carbocycles. The van der Waals surface area contributed by atoms with Gasteiger partial charge >= 0.3 is 0 Å². The van der Waals surface area contributed by atoms with Gasteiger partial charge in [-0.1, -0.05) is 17.7 Å². The average Bonchev–Trinajstić information content (AvgIpc) is 3.52. The predicted molar refractivity (Wildman–Crippen MR) is 129 cm³/mol. The lowest BCUT2D eigenvalue weighted by Crippen LogP contribution is -2.28. The molecule has 34 heavy (non-hydrogen) atoms. The molecule has 2 aromatic carbocycles. The van der Waals surface area contributed by atoms with Gasteiger partial charge in [0.1, 0.15) is 24.3 Å². The highest BCUT2D eigenvalue weighted by Gasteiger charge is 2.35. The molecule has 3 heterocycles. The van der Waals surface area contributed by atoms with Crippen molar-refractivity contribution in [3.05, 3.63) is 85.2 Å². The summed E-state index contributed by atoms with van der Waals surface area (Å²) in [6.45, 7) is 2.37. The molecule has 1 aliphatic heterocycles. The number of imidazole rings is 1. The maximum absolute atomic E-state index is 12.8. The molecule has 2 amide bonds. The van der Waals surface area contributed by atoms with E-state index in [9.17, 15) is 9.59 Å². The molecule has 9 nitrogen and oxygen atoms in total. The molecule has 0 radical (unpaired) electrons. The van der Waals surface area contributed by atoms with E-state index in [0.717, 1.165) is 16.9 Å². The molecule has 1 fully saturated rings. The van der Waals surface area contributed by atoms with Crippen LogP contribution >= 0.6 is 0 Å². The molecule has 1 aliphatic rings. The number of aromatic nitrogens is 4. The lowest BCUT2D eigenvalue weighted by atomic mass is 10.1. The Bertz CT molecular complexity index is 1300. The van der Waals surface area contributed by atoms with Crippen LogP contribution < -0.4 is 15.5 Å². The minimum atomic E-state index is -0.394. The van der Waals surface area contributed by atoms with Gasteiger partial charge in [-0.25, -0.2) is 15.0 Å². The zero-order valence-electron chi connectivity index (χ0n) is 18.5. The first-order valence-corrected chi connectivity index (χ1v) is 10.9. The Kier molecular flexibility index (Phi) is 5.73. The second-order valence-electron chi connectivity index (χ2n) is 8.16. The number of hydrogen-bond donors (Lipinski definition) is 2. The van der Waals surface area contributed by atoms with Crippen molar-refractivity contribution in [1.82, 2.24) is 19.5 Å². The first-order chi connectivity index (χ1) is 16.5. The van der Waals surface area contributed by atoms with E-state index < -0.39 is 5.92 Å². The lowest BCUT2D eigenvalue weighted by Gasteiger charge is -2.17. The summed E-state index contributed by atoms with van der Waals surface area (Å²) in [5.74, 6) is 0.739. The standard InChI is InChI=1S/C25H23N7O2/c1-17-2-8-21(9-3-17)32-14-18(12-24(32)33)25(34)30-20-6-4-19(5-7-20)29-22-13-23(28-15-27-22)31-11-10-26-16-31/h2-11,13,15-16,18H,12,14H2,1H3,(H,30,34)(H,27,28,29)/t18-/m0/s1. The Morgan fingerprint density at radius 1 is 1.03 bits per heavy atom. The molecule has 0 unspecified atom stereocenters. The first-order valence-electron chi connectivity index (χ1n) is 10.9. The average molecular weight is 454 g/mol. The van der Waals surface area contributed by atoms with Gasteiger partial charge < -0.3 is 15.5 Å².